The molecule has 204 valence electrons. The van der Waals surface area contributed by atoms with E-state index in [1.807, 2.05) is 38.2 Å². The molecular formula is C28H31N5O6. The summed E-state index contributed by atoms with van der Waals surface area (Å²) < 4.78 is 18.4. The maximum Gasteiger partial charge on any atom is 0.338 e. The third-order valence-corrected chi connectivity index (χ3v) is 6.48. The summed E-state index contributed by atoms with van der Waals surface area (Å²) in [6.45, 7) is 5.22. The van der Waals surface area contributed by atoms with Gasteiger partial charge in [0.1, 0.15) is 0 Å². The number of ether oxygens (including phenoxy) is 3. The molecule has 0 saturated carbocycles. The minimum atomic E-state index is -0.754. The van der Waals surface area contributed by atoms with Crippen molar-refractivity contribution in [3.05, 3.63) is 70.6 Å². The lowest BCUT2D eigenvalue weighted by Crippen LogP contribution is -2.45. The first-order chi connectivity index (χ1) is 18.7. The second-order valence-electron chi connectivity index (χ2n) is 8.86. The number of carbonyl (C=O) groups excluding carboxylic acids is 3. The second kappa shape index (κ2) is 11.7. The Bertz CT molecular complexity index is 1490. The van der Waals surface area contributed by atoms with Crippen LogP contribution < -0.4 is 25.5 Å². The Hall–Kier alpha value is -4.80. The van der Waals surface area contributed by atoms with Crippen LogP contribution in [0.1, 0.15) is 36.7 Å². The number of hydrogen-bond acceptors (Lipinski definition) is 7. The minimum Gasteiger partial charge on any atom is -0.493 e. The number of fused-ring (bicyclic) bond motifs is 1. The van der Waals surface area contributed by atoms with Crippen LogP contribution in [0.5, 0.6) is 11.5 Å². The number of nitrogens with zero attached hydrogens (tertiary/aromatic N) is 2. The smallest absolute Gasteiger partial charge is 0.338 e. The van der Waals surface area contributed by atoms with Crippen molar-refractivity contribution in [2.45, 2.75) is 26.8 Å². The Kier molecular flexibility index (Phi) is 8.18. The zero-order chi connectivity index (χ0) is 28.1. The standard InChI is InChI=1S/C28H31N5O6/c1-6-38-27(35)25-16(2)30-28(36)31-26(25)18-11-12-22(23(13-18)37-5)39-15-24(34)32-29-14-20-17(3)33(4)21-10-8-7-9-19(20)21/h7-14,26H,6,15H2,1-5H3,(H,32,34)(H2,30,31,36)/b29-14-/t26-/m0/s1. The molecule has 3 aromatic rings. The molecule has 4 rings (SSSR count). The first kappa shape index (κ1) is 27.2. The summed E-state index contributed by atoms with van der Waals surface area (Å²) >= 11 is 0. The molecule has 11 heteroatoms. The molecule has 2 aromatic carbocycles. The lowest BCUT2D eigenvalue weighted by molar-refractivity contribution is -0.139. The van der Waals surface area contributed by atoms with Crippen LogP contribution in [0, 0.1) is 6.92 Å². The van der Waals surface area contributed by atoms with Gasteiger partial charge >= 0.3 is 12.0 Å². The molecule has 11 nitrogen and oxygen atoms in total. The highest BCUT2D eigenvalue weighted by Gasteiger charge is 2.32. The number of aryl methyl sites for hydroxylation is 1. The van der Waals surface area contributed by atoms with Gasteiger partial charge < -0.3 is 29.4 Å². The van der Waals surface area contributed by atoms with Crippen molar-refractivity contribution in [1.29, 1.82) is 0 Å². The Morgan fingerprint density at radius 2 is 1.92 bits per heavy atom. The Labute approximate surface area is 225 Å². The third-order valence-electron chi connectivity index (χ3n) is 6.48. The van der Waals surface area contributed by atoms with Gasteiger partial charge in [-0.3, -0.25) is 4.79 Å². The summed E-state index contributed by atoms with van der Waals surface area (Å²) in [4.78, 5) is 37.1. The van der Waals surface area contributed by atoms with Crippen LogP contribution in [0.25, 0.3) is 10.9 Å². The third kappa shape index (κ3) is 5.71. The van der Waals surface area contributed by atoms with Gasteiger partial charge in [0.25, 0.3) is 5.91 Å². The van der Waals surface area contributed by atoms with Gasteiger partial charge in [-0.1, -0.05) is 24.3 Å². The van der Waals surface area contributed by atoms with E-state index in [0.29, 0.717) is 22.8 Å². The van der Waals surface area contributed by atoms with E-state index in [-0.39, 0.29) is 18.8 Å². The molecule has 0 saturated heterocycles. The molecule has 39 heavy (non-hydrogen) atoms. The van der Waals surface area contributed by atoms with E-state index >= 15 is 0 Å². The van der Waals surface area contributed by atoms with Crippen LogP contribution in [-0.2, 0) is 21.4 Å². The summed E-state index contributed by atoms with van der Waals surface area (Å²) in [6, 6.07) is 11.7. The van der Waals surface area contributed by atoms with E-state index in [2.05, 4.69) is 25.7 Å². The Morgan fingerprint density at radius 1 is 1.15 bits per heavy atom. The van der Waals surface area contributed by atoms with E-state index in [0.717, 1.165) is 22.2 Å². The molecule has 3 amide bonds. The summed E-state index contributed by atoms with van der Waals surface area (Å²) in [5.74, 6) is -0.362. The zero-order valence-corrected chi connectivity index (χ0v) is 22.5. The van der Waals surface area contributed by atoms with Gasteiger partial charge in [0.15, 0.2) is 18.1 Å². The molecule has 3 N–H and O–H groups in total. The molecule has 0 spiro atoms. The highest BCUT2D eigenvalue weighted by molar-refractivity contribution is 6.01. The van der Waals surface area contributed by atoms with Crippen molar-refractivity contribution in [3.63, 3.8) is 0 Å². The number of amides is 3. The number of aromatic nitrogens is 1. The van der Waals surface area contributed by atoms with Gasteiger partial charge in [0.05, 0.1) is 31.5 Å². The molecule has 0 aliphatic carbocycles. The monoisotopic (exact) mass is 533 g/mol. The van der Waals surface area contributed by atoms with Crippen LogP contribution in [-0.4, -0.2) is 49.0 Å². The fourth-order valence-electron chi connectivity index (χ4n) is 4.46. The van der Waals surface area contributed by atoms with Crippen molar-refractivity contribution < 1.29 is 28.6 Å². The highest BCUT2D eigenvalue weighted by Crippen LogP contribution is 2.34. The second-order valence-corrected chi connectivity index (χ2v) is 8.86. The van der Waals surface area contributed by atoms with Gasteiger partial charge in [-0.15, -0.1) is 0 Å². The van der Waals surface area contributed by atoms with Crippen LogP contribution in [0.3, 0.4) is 0 Å². The maximum absolute atomic E-state index is 12.6. The summed E-state index contributed by atoms with van der Waals surface area (Å²) in [5.41, 5.74) is 6.77. The first-order valence-corrected chi connectivity index (χ1v) is 12.4. The number of nitrogens with one attached hydrogen (secondary N) is 3. The molecule has 0 radical (unpaired) electrons. The van der Waals surface area contributed by atoms with Crippen LogP contribution in [0.15, 0.2) is 58.8 Å². The predicted octanol–water partition coefficient (Wildman–Crippen LogP) is 3.22. The lowest BCUT2D eigenvalue weighted by atomic mass is 9.95. The van der Waals surface area contributed by atoms with Crippen molar-refractivity contribution in [2.75, 3.05) is 20.3 Å². The molecule has 2 heterocycles. The number of methoxy groups -OCH3 is 1. The van der Waals surface area contributed by atoms with Crippen molar-refractivity contribution in [3.8, 4) is 11.5 Å². The molecule has 1 aromatic heterocycles. The number of urea groups is 1. The van der Waals surface area contributed by atoms with Crippen LogP contribution in [0.2, 0.25) is 0 Å². The van der Waals surface area contributed by atoms with Crippen LogP contribution >= 0.6 is 0 Å². The number of allylic oxidation sites excluding steroid dienone is 1. The number of rotatable bonds is 9. The van der Waals surface area contributed by atoms with Gasteiger partial charge in [0, 0.05) is 34.9 Å². The van der Waals surface area contributed by atoms with Crippen LogP contribution in [0.4, 0.5) is 4.79 Å². The van der Waals surface area contributed by atoms with Crippen molar-refractivity contribution in [1.82, 2.24) is 20.6 Å². The molecule has 0 bridgehead atoms. The van der Waals surface area contributed by atoms with Gasteiger partial charge in [-0.2, -0.15) is 5.10 Å². The number of benzene rings is 2. The normalized spacial score (nSPS) is 15.2. The number of hydrazone groups is 1. The Morgan fingerprint density at radius 3 is 2.67 bits per heavy atom. The maximum atomic E-state index is 12.6. The van der Waals surface area contributed by atoms with E-state index in [9.17, 15) is 14.4 Å². The van der Waals surface area contributed by atoms with Gasteiger partial charge in [-0.05, 0) is 44.5 Å². The molecular weight excluding hydrogens is 502 g/mol. The van der Waals surface area contributed by atoms with Gasteiger partial charge in [0.2, 0.25) is 0 Å². The fourth-order valence-corrected chi connectivity index (χ4v) is 4.46. The predicted molar refractivity (Wildman–Crippen MR) is 146 cm³/mol. The average molecular weight is 534 g/mol. The molecule has 1 atom stereocenters. The van der Waals surface area contributed by atoms with E-state index < -0.39 is 23.9 Å². The summed E-state index contributed by atoms with van der Waals surface area (Å²) in [5, 5.41) is 10.5. The highest BCUT2D eigenvalue weighted by atomic mass is 16.5. The molecule has 1 aliphatic heterocycles. The first-order valence-electron chi connectivity index (χ1n) is 12.4. The SMILES string of the molecule is CCOC(=O)C1=C(C)NC(=O)N[C@H]1c1ccc(OCC(=O)N/N=C\c2c(C)n(C)c3ccccc23)c(OC)c1. The number of carbonyl (C=O) groups is 3. The fraction of sp³-hybridized carbons (Fsp3) is 0.286. The number of para-hydroxylation sites is 1. The summed E-state index contributed by atoms with van der Waals surface area (Å²) in [6.07, 6.45) is 1.62. The van der Waals surface area contributed by atoms with Crippen molar-refractivity contribution >= 4 is 35.0 Å². The number of esters is 1. The molecule has 0 unspecified atom stereocenters. The topological polar surface area (TPSA) is 132 Å². The largest absolute Gasteiger partial charge is 0.493 e. The van der Waals surface area contributed by atoms with E-state index in [4.69, 9.17) is 14.2 Å². The lowest BCUT2D eigenvalue weighted by Gasteiger charge is -2.28. The Balaban J connectivity index is 1.44. The summed E-state index contributed by atoms with van der Waals surface area (Å²) in [7, 11) is 3.44. The zero-order valence-electron chi connectivity index (χ0n) is 22.5. The van der Waals surface area contributed by atoms with E-state index in [1.165, 1.54) is 7.11 Å². The molecule has 1 aliphatic rings. The van der Waals surface area contributed by atoms with Gasteiger partial charge in [-0.25, -0.2) is 15.0 Å². The quantitative estimate of drug-likeness (QED) is 0.220. The minimum absolute atomic E-state index is 0.194. The average Bonchev–Trinajstić information content (AvgIpc) is 3.16. The number of hydrogen-bond donors (Lipinski definition) is 3. The molecule has 0 fully saturated rings. The van der Waals surface area contributed by atoms with Crippen molar-refractivity contribution in [2.24, 2.45) is 12.1 Å². The van der Waals surface area contributed by atoms with E-state index in [1.54, 1.807) is 38.3 Å².